The summed E-state index contributed by atoms with van der Waals surface area (Å²) in [6.45, 7) is 2.11. The molecule has 1 fully saturated rings. The maximum absolute atomic E-state index is 9.14. The molecular formula is C10H14BrNO2. The number of hydrogen-bond donors (Lipinski definition) is 1. The van der Waals surface area contributed by atoms with E-state index in [1.54, 1.807) is 0 Å². The Bertz CT molecular complexity index is 300. The first-order valence-corrected chi connectivity index (χ1v) is 5.68. The van der Waals surface area contributed by atoms with Gasteiger partial charge in [-0.1, -0.05) is 0 Å². The number of aliphatic hydroxyl groups excluding tert-OH is 1. The molecule has 0 saturated carbocycles. The second kappa shape index (κ2) is 4.47. The van der Waals surface area contributed by atoms with Gasteiger partial charge in [0.25, 0.3) is 0 Å². The van der Waals surface area contributed by atoms with E-state index < -0.39 is 0 Å². The Labute approximate surface area is 91.8 Å². The highest BCUT2D eigenvalue weighted by Gasteiger charge is 2.24. The number of rotatable bonds is 3. The van der Waals surface area contributed by atoms with Crippen LogP contribution in [0.15, 0.2) is 21.2 Å². The Morgan fingerprint density at radius 3 is 3.07 bits per heavy atom. The predicted molar refractivity (Wildman–Crippen MR) is 56.9 cm³/mol. The minimum absolute atomic E-state index is 0.252. The average molecular weight is 260 g/mol. The summed E-state index contributed by atoms with van der Waals surface area (Å²) in [6.07, 6.45) is 2.27. The van der Waals surface area contributed by atoms with Gasteiger partial charge in [-0.2, -0.15) is 0 Å². The molecule has 1 aliphatic rings. The van der Waals surface area contributed by atoms with Gasteiger partial charge in [0.05, 0.1) is 13.2 Å². The molecule has 0 spiro atoms. The molecule has 78 valence electrons. The average Bonchev–Trinajstić information content (AvgIpc) is 2.76. The van der Waals surface area contributed by atoms with E-state index in [1.807, 2.05) is 12.1 Å². The fraction of sp³-hybridized carbons (Fsp3) is 0.600. The van der Waals surface area contributed by atoms with Crippen LogP contribution in [0.2, 0.25) is 0 Å². The molecule has 3 nitrogen and oxygen atoms in total. The van der Waals surface area contributed by atoms with Crippen molar-refractivity contribution in [3.63, 3.8) is 0 Å². The molecule has 0 aliphatic carbocycles. The molecule has 14 heavy (non-hydrogen) atoms. The van der Waals surface area contributed by atoms with Crippen molar-refractivity contribution in [3.05, 3.63) is 22.6 Å². The minimum Gasteiger partial charge on any atom is -0.453 e. The predicted octanol–water partition coefficient (Wildman–Crippen LogP) is 2.00. The van der Waals surface area contributed by atoms with Crippen LogP contribution in [-0.2, 0) is 6.54 Å². The van der Waals surface area contributed by atoms with E-state index in [1.165, 1.54) is 6.42 Å². The molecule has 1 aliphatic heterocycles. The van der Waals surface area contributed by atoms with Gasteiger partial charge in [0, 0.05) is 6.04 Å². The molecule has 0 bridgehead atoms. The van der Waals surface area contributed by atoms with Gasteiger partial charge < -0.3 is 9.52 Å². The zero-order valence-corrected chi connectivity index (χ0v) is 9.53. The first-order chi connectivity index (χ1) is 6.79. The van der Waals surface area contributed by atoms with Crippen LogP contribution in [0.1, 0.15) is 18.6 Å². The lowest BCUT2D eigenvalue weighted by Crippen LogP contribution is -2.31. The van der Waals surface area contributed by atoms with Crippen molar-refractivity contribution in [1.29, 1.82) is 0 Å². The third kappa shape index (κ3) is 2.19. The molecule has 0 unspecified atom stereocenters. The van der Waals surface area contributed by atoms with E-state index in [4.69, 9.17) is 9.52 Å². The van der Waals surface area contributed by atoms with Crippen LogP contribution in [0.3, 0.4) is 0 Å². The van der Waals surface area contributed by atoms with Crippen molar-refractivity contribution in [2.75, 3.05) is 13.2 Å². The molecule has 0 aromatic carbocycles. The summed E-state index contributed by atoms with van der Waals surface area (Å²) >= 11 is 3.28. The van der Waals surface area contributed by atoms with Crippen LogP contribution >= 0.6 is 15.9 Å². The first-order valence-electron chi connectivity index (χ1n) is 4.88. The SMILES string of the molecule is OC[C@@H]1CCCN1Cc1ccc(Br)o1. The summed E-state index contributed by atoms with van der Waals surface area (Å²) in [5.74, 6) is 0.956. The largest absolute Gasteiger partial charge is 0.453 e. The van der Waals surface area contributed by atoms with Gasteiger partial charge in [-0.25, -0.2) is 0 Å². The van der Waals surface area contributed by atoms with Gasteiger partial charge in [0.1, 0.15) is 5.76 Å². The van der Waals surface area contributed by atoms with Crippen molar-refractivity contribution < 1.29 is 9.52 Å². The zero-order valence-electron chi connectivity index (χ0n) is 7.95. The second-order valence-corrected chi connectivity index (χ2v) is 4.44. The summed E-state index contributed by atoms with van der Waals surface area (Å²) in [7, 11) is 0. The van der Waals surface area contributed by atoms with Gasteiger partial charge in [-0.05, 0) is 47.4 Å². The fourth-order valence-corrected chi connectivity index (χ4v) is 2.29. The molecule has 1 aromatic rings. The van der Waals surface area contributed by atoms with Crippen LogP contribution in [0.4, 0.5) is 0 Å². The van der Waals surface area contributed by atoms with Gasteiger partial charge in [-0.15, -0.1) is 0 Å². The number of nitrogens with zero attached hydrogens (tertiary/aromatic N) is 1. The highest BCUT2D eigenvalue weighted by atomic mass is 79.9. The second-order valence-electron chi connectivity index (χ2n) is 3.65. The number of hydrogen-bond acceptors (Lipinski definition) is 3. The lowest BCUT2D eigenvalue weighted by molar-refractivity contribution is 0.146. The highest BCUT2D eigenvalue weighted by molar-refractivity contribution is 9.10. The van der Waals surface area contributed by atoms with Gasteiger partial charge >= 0.3 is 0 Å². The smallest absolute Gasteiger partial charge is 0.169 e. The molecule has 1 N–H and O–H groups in total. The van der Waals surface area contributed by atoms with Crippen LogP contribution in [0.25, 0.3) is 0 Å². The first kappa shape index (κ1) is 10.2. The van der Waals surface area contributed by atoms with Crippen molar-refractivity contribution >= 4 is 15.9 Å². The Morgan fingerprint density at radius 2 is 2.43 bits per heavy atom. The lowest BCUT2D eigenvalue weighted by Gasteiger charge is -2.20. The third-order valence-electron chi connectivity index (χ3n) is 2.70. The Balaban J connectivity index is 1.96. The number of likely N-dealkylation sites (tertiary alicyclic amines) is 1. The topological polar surface area (TPSA) is 36.6 Å². The quantitative estimate of drug-likeness (QED) is 0.903. The van der Waals surface area contributed by atoms with E-state index in [9.17, 15) is 0 Å². The van der Waals surface area contributed by atoms with E-state index in [0.29, 0.717) is 6.04 Å². The van der Waals surface area contributed by atoms with E-state index in [2.05, 4.69) is 20.8 Å². The normalized spacial score (nSPS) is 23.1. The molecule has 1 atom stereocenters. The third-order valence-corrected chi connectivity index (χ3v) is 3.12. The van der Waals surface area contributed by atoms with Crippen LogP contribution in [-0.4, -0.2) is 29.2 Å². The van der Waals surface area contributed by atoms with Crippen LogP contribution < -0.4 is 0 Å². The number of halogens is 1. The maximum atomic E-state index is 9.14. The summed E-state index contributed by atoms with van der Waals surface area (Å²) in [4.78, 5) is 2.27. The van der Waals surface area contributed by atoms with Gasteiger partial charge in [0.15, 0.2) is 4.67 Å². The van der Waals surface area contributed by atoms with Crippen molar-refractivity contribution in [1.82, 2.24) is 4.90 Å². The summed E-state index contributed by atoms with van der Waals surface area (Å²) < 4.78 is 6.20. The van der Waals surface area contributed by atoms with E-state index >= 15 is 0 Å². The van der Waals surface area contributed by atoms with E-state index in [-0.39, 0.29) is 6.61 Å². The lowest BCUT2D eigenvalue weighted by atomic mass is 10.2. The Hall–Kier alpha value is -0.320. The Kier molecular flexibility index (Phi) is 3.26. The summed E-state index contributed by atoms with van der Waals surface area (Å²) in [5, 5.41) is 9.14. The number of aliphatic hydroxyl groups is 1. The standard InChI is InChI=1S/C10H14BrNO2/c11-10-4-3-9(14-10)6-12-5-1-2-8(12)7-13/h3-4,8,13H,1-2,5-7H2/t8-/m0/s1. The van der Waals surface area contributed by atoms with Crippen molar-refractivity contribution in [2.24, 2.45) is 0 Å². The minimum atomic E-state index is 0.252. The van der Waals surface area contributed by atoms with Crippen LogP contribution in [0.5, 0.6) is 0 Å². The molecule has 4 heteroatoms. The molecule has 0 amide bonds. The molecule has 2 rings (SSSR count). The van der Waals surface area contributed by atoms with Gasteiger partial charge in [0.2, 0.25) is 0 Å². The van der Waals surface area contributed by atoms with Gasteiger partial charge in [-0.3, -0.25) is 4.90 Å². The Morgan fingerprint density at radius 1 is 1.57 bits per heavy atom. The number of furan rings is 1. The maximum Gasteiger partial charge on any atom is 0.169 e. The molecule has 2 heterocycles. The highest BCUT2D eigenvalue weighted by Crippen LogP contribution is 2.21. The molecule has 1 saturated heterocycles. The fourth-order valence-electron chi connectivity index (χ4n) is 1.95. The zero-order chi connectivity index (χ0) is 9.97. The van der Waals surface area contributed by atoms with Crippen LogP contribution in [0, 0.1) is 0 Å². The monoisotopic (exact) mass is 259 g/mol. The van der Waals surface area contributed by atoms with Crippen molar-refractivity contribution in [3.8, 4) is 0 Å². The summed E-state index contributed by atoms with van der Waals surface area (Å²) in [5.41, 5.74) is 0. The van der Waals surface area contributed by atoms with E-state index in [0.717, 1.165) is 29.9 Å². The van der Waals surface area contributed by atoms with Crippen molar-refractivity contribution in [2.45, 2.75) is 25.4 Å². The molecule has 0 radical (unpaired) electrons. The molecule has 1 aromatic heterocycles. The summed E-state index contributed by atoms with van der Waals surface area (Å²) in [6, 6.07) is 4.19. The molecular weight excluding hydrogens is 246 g/mol.